The summed E-state index contributed by atoms with van der Waals surface area (Å²) in [6.07, 6.45) is 1.89. The lowest BCUT2D eigenvalue weighted by Gasteiger charge is -2.18. The van der Waals surface area contributed by atoms with Crippen LogP contribution in [-0.2, 0) is 0 Å². The second kappa shape index (κ2) is 8.72. The molecule has 0 aliphatic carbocycles. The molecule has 0 unspecified atom stereocenters. The van der Waals surface area contributed by atoms with Crippen LogP contribution in [0.25, 0.3) is 65.7 Å². The van der Waals surface area contributed by atoms with E-state index in [-0.39, 0.29) is 0 Å². The molecular formula is C36H25N. The molecule has 1 heterocycles. The Labute approximate surface area is 216 Å². The fourth-order valence-electron chi connectivity index (χ4n) is 5.67. The van der Waals surface area contributed by atoms with E-state index >= 15 is 0 Å². The second-order valence-corrected chi connectivity index (χ2v) is 9.67. The fraction of sp³-hybridized carbons (Fsp3) is 0.0278. The van der Waals surface area contributed by atoms with Crippen molar-refractivity contribution in [1.82, 2.24) is 4.98 Å². The van der Waals surface area contributed by atoms with Crippen molar-refractivity contribution in [3.8, 4) is 33.4 Å². The van der Waals surface area contributed by atoms with Gasteiger partial charge in [0.05, 0.1) is 0 Å². The molecule has 0 radical (unpaired) electrons. The summed E-state index contributed by atoms with van der Waals surface area (Å²) in [7, 11) is 0. The summed E-state index contributed by atoms with van der Waals surface area (Å²) in [6, 6.07) is 46.3. The molecule has 0 spiro atoms. The average Bonchev–Trinajstić information content (AvgIpc) is 2.95. The molecule has 1 heteroatoms. The van der Waals surface area contributed by atoms with E-state index in [9.17, 15) is 0 Å². The highest BCUT2D eigenvalue weighted by atomic mass is 14.6. The molecule has 0 fully saturated rings. The van der Waals surface area contributed by atoms with E-state index < -0.39 is 0 Å². The summed E-state index contributed by atoms with van der Waals surface area (Å²) in [5, 5.41) is 7.62. The van der Waals surface area contributed by atoms with Gasteiger partial charge in [-0.1, -0.05) is 103 Å². The molecular weight excluding hydrogens is 446 g/mol. The van der Waals surface area contributed by atoms with Gasteiger partial charge in [0.2, 0.25) is 0 Å². The zero-order valence-corrected chi connectivity index (χ0v) is 20.6. The molecule has 1 nitrogen and oxygen atoms in total. The minimum atomic E-state index is 1.03. The van der Waals surface area contributed by atoms with E-state index in [2.05, 4.69) is 132 Å². The van der Waals surface area contributed by atoms with Gasteiger partial charge < -0.3 is 0 Å². The van der Waals surface area contributed by atoms with Crippen molar-refractivity contribution in [2.45, 2.75) is 6.92 Å². The SMILES string of the molecule is Cc1cc(-c2cccc(-c3c4ccccc4c(-c4ccc5ccccc5c4)c4ccccc34)c2)ccn1. The van der Waals surface area contributed by atoms with Gasteiger partial charge >= 0.3 is 0 Å². The Morgan fingerprint density at radius 3 is 1.59 bits per heavy atom. The monoisotopic (exact) mass is 471 g/mol. The van der Waals surface area contributed by atoms with E-state index in [1.807, 2.05) is 13.1 Å². The smallest absolute Gasteiger partial charge is 0.0378 e. The number of rotatable bonds is 3. The normalized spacial score (nSPS) is 11.4. The largest absolute Gasteiger partial charge is 0.262 e. The number of hydrogen-bond acceptors (Lipinski definition) is 1. The van der Waals surface area contributed by atoms with Crippen LogP contribution in [0.3, 0.4) is 0 Å². The molecule has 174 valence electrons. The van der Waals surface area contributed by atoms with Crippen molar-refractivity contribution >= 4 is 32.3 Å². The molecule has 0 amide bonds. The summed E-state index contributed by atoms with van der Waals surface area (Å²) in [5.41, 5.74) is 8.47. The van der Waals surface area contributed by atoms with Gasteiger partial charge in [-0.3, -0.25) is 4.98 Å². The standard InChI is InChI=1S/C36H25N/c1-24-21-28(19-20-37-24)27-11-8-12-29(23-27)35-31-13-4-6-15-33(31)36(34-16-7-5-14-32(34)35)30-18-17-25-9-2-3-10-26(25)22-30/h2-23H,1H3. The number of nitrogens with zero attached hydrogens (tertiary/aromatic N) is 1. The Bertz CT molecular complexity index is 1890. The maximum atomic E-state index is 4.39. The first-order valence-corrected chi connectivity index (χ1v) is 12.7. The summed E-state index contributed by atoms with van der Waals surface area (Å²) in [6.45, 7) is 2.04. The van der Waals surface area contributed by atoms with Gasteiger partial charge in [-0.15, -0.1) is 0 Å². The van der Waals surface area contributed by atoms with Crippen LogP contribution in [0.2, 0.25) is 0 Å². The molecule has 37 heavy (non-hydrogen) atoms. The number of hydrogen-bond donors (Lipinski definition) is 0. The third-order valence-electron chi connectivity index (χ3n) is 7.35. The minimum absolute atomic E-state index is 1.03. The third-order valence-corrected chi connectivity index (χ3v) is 7.35. The van der Waals surface area contributed by atoms with Crippen molar-refractivity contribution in [2.75, 3.05) is 0 Å². The van der Waals surface area contributed by atoms with Crippen LogP contribution in [0.15, 0.2) is 134 Å². The zero-order chi connectivity index (χ0) is 24.8. The first-order chi connectivity index (χ1) is 18.3. The Morgan fingerprint density at radius 1 is 0.405 bits per heavy atom. The van der Waals surface area contributed by atoms with E-state index in [0.717, 1.165) is 5.69 Å². The van der Waals surface area contributed by atoms with E-state index in [1.54, 1.807) is 0 Å². The van der Waals surface area contributed by atoms with Gasteiger partial charge in [-0.2, -0.15) is 0 Å². The third kappa shape index (κ3) is 3.68. The van der Waals surface area contributed by atoms with Gasteiger partial charge in [-0.05, 0) is 96.9 Å². The molecule has 0 N–H and O–H groups in total. The number of aryl methyl sites for hydroxylation is 1. The molecule has 0 aliphatic heterocycles. The van der Waals surface area contributed by atoms with Crippen LogP contribution in [0.5, 0.6) is 0 Å². The Kier molecular flexibility index (Phi) is 5.08. The summed E-state index contributed by atoms with van der Waals surface area (Å²) in [5.74, 6) is 0. The van der Waals surface area contributed by atoms with Gasteiger partial charge in [-0.25, -0.2) is 0 Å². The number of benzene rings is 6. The van der Waals surface area contributed by atoms with Crippen LogP contribution in [-0.4, -0.2) is 4.98 Å². The first kappa shape index (κ1) is 21.5. The topological polar surface area (TPSA) is 12.9 Å². The van der Waals surface area contributed by atoms with Crippen molar-refractivity contribution in [1.29, 1.82) is 0 Å². The van der Waals surface area contributed by atoms with Crippen LogP contribution in [0, 0.1) is 6.92 Å². The lowest BCUT2D eigenvalue weighted by molar-refractivity contribution is 1.20. The van der Waals surface area contributed by atoms with Crippen LogP contribution >= 0.6 is 0 Å². The molecule has 7 rings (SSSR count). The van der Waals surface area contributed by atoms with Crippen LogP contribution in [0.4, 0.5) is 0 Å². The molecule has 0 atom stereocenters. The highest BCUT2D eigenvalue weighted by molar-refractivity contribution is 6.21. The van der Waals surface area contributed by atoms with Gasteiger partial charge in [0.25, 0.3) is 0 Å². The van der Waals surface area contributed by atoms with Gasteiger partial charge in [0.15, 0.2) is 0 Å². The fourth-order valence-corrected chi connectivity index (χ4v) is 5.67. The number of pyridine rings is 1. The van der Waals surface area contributed by atoms with Crippen LogP contribution in [0.1, 0.15) is 5.69 Å². The lowest BCUT2D eigenvalue weighted by Crippen LogP contribution is -1.91. The Balaban J connectivity index is 1.54. The Hall–Kier alpha value is -4.75. The predicted molar refractivity (Wildman–Crippen MR) is 158 cm³/mol. The number of aromatic nitrogens is 1. The molecule has 0 saturated heterocycles. The van der Waals surface area contributed by atoms with Crippen molar-refractivity contribution < 1.29 is 0 Å². The van der Waals surface area contributed by atoms with Gasteiger partial charge in [0.1, 0.15) is 0 Å². The lowest BCUT2D eigenvalue weighted by atomic mass is 9.85. The molecule has 1 aromatic heterocycles. The summed E-state index contributed by atoms with van der Waals surface area (Å²) in [4.78, 5) is 4.39. The van der Waals surface area contributed by atoms with Crippen LogP contribution < -0.4 is 0 Å². The van der Waals surface area contributed by atoms with Crippen molar-refractivity contribution in [3.05, 3.63) is 139 Å². The minimum Gasteiger partial charge on any atom is -0.262 e. The highest BCUT2D eigenvalue weighted by Gasteiger charge is 2.17. The molecule has 0 saturated carbocycles. The zero-order valence-electron chi connectivity index (χ0n) is 20.6. The molecule has 0 aliphatic rings. The molecule has 0 bridgehead atoms. The Morgan fingerprint density at radius 2 is 0.946 bits per heavy atom. The highest BCUT2D eigenvalue weighted by Crippen LogP contribution is 2.44. The van der Waals surface area contributed by atoms with Gasteiger partial charge in [0, 0.05) is 11.9 Å². The summed E-state index contributed by atoms with van der Waals surface area (Å²) >= 11 is 0. The van der Waals surface area contributed by atoms with E-state index in [0.29, 0.717) is 0 Å². The van der Waals surface area contributed by atoms with Crippen molar-refractivity contribution in [3.63, 3.8) is 0 Å². The maximum absolute atomic E-state index is 4.39. The predicted octanol–water partition coefficient (Wildman–Crippen LogP) is 9.85. The molecule has 7 aromatic rings. The van der Waals surface area contributed by atoms with E-state index in [4.69, 9.17) is 0 Å². The van der Waals surface area contributed by atoms with Crippen molar-refractivity contribution in [2.24, 2.45) is 0 Å². The molecule has 6 aromatic carbocycles. The number of fused-ring (bicyclic) bond motifs is 3. The second-order valence-electron chi connectivity index (χ2n) is 9.67. The quantitative estimate of drug-likeness (QED) is 0.234. The maximum Gasteiger partial charge on any atom is 0.0378 e. The first-order valence-electron chi connectivity index (χ1n) is 12.7. The van der Waals surface area contributed by atoms with E-state index in [1.165, 1.54) is 65.7 Å². The summed E-state index contributed by atoms with van der Waals surface area (Å²) < 4.78 is 0. The average molecular weight is 472 g/mol.